The number of hydrogen-bond acceptors (Lipinski definition) is 4. The topological polar surface area (TPSA) is 86.8 Å². The molecule has 0 aliphatic heterocycles. The van der Waals surface area contributed by atoms with Gasteiger partial charge in [-0.15, -0.1) is 0 Å². The number of benzene rings is 3. The largest absolute Gasteiger partial charge is 0.352 e. The lowest BCUT2D eigenvalue weighted by molar-refractivity contribution is -0.140. The van der Waals surface area contributed by atoms with Crippen LogP contribution in [0, 0.1) is 27.7 Å². The molecule has 0 heterocycles. The lowest BCUT2D eigenvalue weighted by atomic mass is 10.1. The highest BCUT2D eigenvalue weighted by molar-refractivity contribution is 7.92. The molecule has 2 amide bonds. The highest BCUT2D eigenvalue weighted by Gasteiger charge is 2.35. The molecule has 0 bridgehead atoms. The van der Waals surface area contributed by atoms with Gasteiger partial charge in [0.25, 0.3) is 10.0 Å². The normalized spacial score (nSPS) is 14.4. The summed E-state index contributed by atoms with van der Waals surface area (Å²) in [5.74, 6) is -0.619. The van der Waals surface area contributed by atoms with E-state index in [-0.39, 0.29) is 23.4 Å². The van der Waals surface area contributed by atoms with E-state index in [9.17, 15) is 18.0 Å². The van der Waals surface area contributed by atoms with Crippen molar-refractivity contribution < 1.29 is 18.0 Å². The third kappa shape index (κ3) is 7.40. The maximum atomic E-state index is 14.3. The first kappa shape index (κ1) is 31.3. The number of nitrogens with zero attached hydrogens (tertiary/aromatic N) is 2. The minimum atomic E-state index is -4.10. The summed E-state index contributed by atoms with van der Waals surface area (Å²) >= 11 is 0. The summed E-state index contributed by atoms with van der Waals surface area (Å²) in [6, 6.07) is 19.4. The molecule has 0 spiro atoms. The number of carbonyl (C=O) groups excluding carboxylic acids is 2. The Kier molecular flexibility index (Phi) is 10.1. The number of aryl methyl sites for hydroxylation is 4. The fraction of sp³-hybridized carbons (Fsp3) is 0.412. The van der Waals surface area contributed by atoms with Gasteiger partial charge in [-0.2, -0.15) is 0 Å². The lowest BCUT2D eigenvalue weighted by Gasteiger charge is -2.34. The summed E-state index contributed by atoms with van der Waals surface area (Å²) in [5.41, 5.74) is 4.93. The Bertz CT molecular complexity index is 1510. The van der Waals surface area contributed by atoms with Gasteiger partial charge in [-0.3, -0.25) is 13.9 Å². The SMILES string of the molecule is CC[C@@H](C(=O)NC1CCCC1)N(Cc1cccc(C)c1)C(=O)CN(c1cc(C)ccc1C)S(=O)(=O)c1ccc(C)cc1. The minimum absolute atomic E-state index is 0.107. The number of sulfonamides is 1. The Morgan fingerprint density at radius 2 is 1.52 bits per heavy atom. The van der Waals surface area contributed by atoms with Gasteiger partial charge in [-0.05, 0) is 81.8 Å². The predicted molar refractivity (Wildman–Crippen MR) is 168 cm³/mol. The van der Waals surface area contributed by atoms with E-state index in [1.807, 2.05) is 71.0 Å². The summed E-state index contributed by atoms with van der Waals surface area (Å²) in [5, 5.41) is 3.16. The monoisotopic (exact) mass is 589 g/mol. The first-order valence-electron chi connectivity index (χ1n) is 14.8. The van der Waals surface area contributed by atoms with Gasteiger partial charge in [0, 0.05) is 12.6 Å². The molecular weight excluding hydrogens is 546 g/mol. The first-order chi connectivity index (χ1) is 20.0. The molecule has 1 atom stereocenters. The van der Waals surface area contributed by atoms with Gasteiger partial charge in [0.1, 0.15) is 12.6 Å². The number of carbonyl (C=O) groups is 2. The molecule has 7 nitrogen and oxygen atoms in total. The molecule has 1 fully saturated rings. The van der Waals surface area contributed by atoms with Crippen LogP contribution in [0.25, 0.3) is 0 Å². The first-order valence-corrected chi connectivity index (χ1v) is 16.3. The van der Waals surface area contributed by atoms with Crippen molar-refractivity contribution in [3.63, 3.8) is 0 Å². The lowest BCUT2D eigenvalue weighted by Crippen LogP contribution is -2.53. The van der Waals surface area contributed by atoms with Crippen molar-refractivity contribution in [1.29, 1.82) is 0 Å². The van der Waals surface area contributed by atoms with Crippen LogP contribution in [0.3, 0.4) is 0 Å². The van der Waals surface area contributed by atoms with E-state index in [4.69, 9.17) is 0 Å². The third-order valence-electron chi connectivity index (χ3n) is 8.04. The van der Waals surface area contributed by atoms with E-state index in [1.165, 1.54) is 4.31 Å². The molecule has 1 aliphatic rings. The zero-order chi connectivity index (χ0) is 30.4. The van der Waals surface area contributed by atoms with Gasteiger partial charge in [0.2, 0.25) is 11.8 Å². The van der Waals surface area contributed by atoms with Gasteiger partial charge >= 0.3 is 0 Å². The van der Waals surface area contributed by atoms with E-state index in [0.717, 1.165) is 53.5 Å². The van der Waals surface area contributed by atoms with Crippen LogP contribution < -0.4 is 9.62 Å². The highest BCUT2D eigenvalue weighted by Crippen LogP contribution is 2.29. The van der Waals surface area contributed by atoms with Gasteiger partial charge in [-0.25, -0.2) is 8.42 Å². The fourth-order valence-corrected chi connectivity index (χ4v) is 7.10. The van der Waals surface area contributed by atoms with Crippen molar-refractivity contribution in [1.82, 2.24) is 10.2 Å². The minimum Gasteiger partial charge on any atom is -0.352 e. The van der Waals surface area contributed by atoms with Crippen LogP contribution in [-0.4, -0.2) is 43.8 Å². The maximum Gasteiger partial charge on any atom is 0.264 e. The van der Waals surface area contributed by atoms with Gasteiger partial charge in [0.05, 0.1) is 10.6 Å². The van der Waals surface area contributed by atoms with E-state index < -0.39 is 28.5 Å². The van der Waals surface area contributed by atoms with Crippen LogP contribution in [0.15, 0.2) is 71.6 Å². The number of amides is 2. The molecule has 8 heteroatoms. The quantitative estimate of drug-likeness (QED) is 0.298. The second kappa shape index (κ2) is 13.6. The molecular formula is C34H43N3O4S. The zero-order valence-electron chi connectivity index (χ0n) is 25.4. The molecule has 3 aromatic carbocycles. The Morgan fingerprint density at radius 1 is 0.881 bits per heavy atom. The second-order valence-corrected chi connectivity index (χ2v) is 13.4. The number of rotatable bonds is 11. The molecule has 0 aromatic heterocycles. The summed E-state index contributed by atoms with van der Waals surface area (Å²) in [7, 11) is -4.10. The van der Waals surface area contributed by atoms with Crippen molar-refractivity contribution in [3.05, 3.63) is 94.5 Å². The van der Waals surface area contributed by atoms with Gasteiger partial charge in [-0.1, -0.05) is 79.4 Å². The van der Waals surface area contributed by atoms with Crippen molar-refractivity contribution in [2.24, 2.45) is 0 Å². The Balaban J connectivity index is 1.75. The molecule has 4 rings (SSSR count). The molecule has 3 aromatic rings. The molecule has 0 unspecified atom stereocenters. The fourth-order valence-electron chi connectivity index (χ4n) is 5.63. The van der Waals surface area contributed by atoms with Crippen LogP contribution in [0.1, 0.15) is 66.8 Å². The van der Waals surface area contributed by atoms with Gasteiger partial charge in [0.15, 0.2) is 0 Å². The smallest absolute Gasteiger partial charge is 0.264 e. The van der Waals surface area contributed by atoms with Crippen LogP contribution in [-0.2, 0) is 26.2 Å². The predicted octanol–water partition coefficient (Wildman–Crippen LogP) is 5.98. The summed E-state index contributed by atoms with van der Waals surface area (Å²) in [6.45, 7) is 9.27. The van der Waals surface area contributed by atoms with E-state index in [0.29, 0.717) is 12.1 Å². The third-order valence-corrected chi connectivity index (χ3v) is 9.82. The standard InChI is InChI=1S/C34H43N3O4S/c1-6-31(34(39)35-29-12-7-8-13-29)36(22-28-11-9-10-25(3)20-28)33(38)23-37(32-21-26(4)14-17-27(32)5)42(40,41)30-18-15-24(2)16-19-30/h9-11,14-21,29,31H,6-8,12-13,22-23H2,1-5H3,(H,35,39)/t31-/m0/s1. The molecule has 1 N–H and O–H groups in total. The summed E-state index contributed by atoms with van der Waals surface area (Å²) in [6.07, 6.45) is 4.43. The van der Waals surface area contributed by atoms with Crippen LogP contribution in [0.2, 0.25) is 0 Å². The molecule has 224 valence electrons. The van der Waals surface area contributed by atoms with Crippen molar-refractivity contribution in [2.45, 2.75) is 90.2 Å². The average molecular weight is 590 g/mol. The highest BCUT2D eigenvalue weighted by atomic mass is 32.2. The van der Waals surface area contributed by atoms with Crippen molar-refractivity contribution in [2.75, 3.05) is 10.8 Å². The van der Waals surface area contributed by atoms with Crippen molar-refractivity contribution in [3.8, 4) is 0 Å². The maximum absolute atomic E-state index is 14.3. The Morgan fingerprint density at radius 3 is 2.17 bits per heavy atom. The van der Waals surface area contributed by atoms with E-state index in [1.54, 1.807) is 35.2 Å². The summed E-state index contributed by atoms with van der Waals surface area (Å²) in [4.78, 5) is 29.6. The summed E-state index contributed by atoms with van der Waals surface area (Å²) < 4.78 is 29.5. The Labute approximate surface area is 251 Å². The molecule has 1 aliphatic carbocycles. The zero-order valence-corrected chi connectivity index (χ0v) is 26.2. The average Bonchev–Trinajstić information content (AvgIpc) is 3.46. The molecule has 0 saturated heterocycles. The van der Waals surface area contributed by atoms with E-state index >= 15 is 0 Å². The van der Waals surface area contributed by atoms with Crippen molar-refractivity contribution >= 4 is 27.5 Å². The van der Waals surface area contributed by atoms with E-state index in [2.05, 4.69) is 5.32 Å². The Hall–Kier alpha value is -3.65. The second-order valence-electron chi connectivity index (χ2n) is 11.5. The van der Waals surface area contributed by atoms with Gasteiger partial charge < -0.3 is 10.2 Å². The van der Waals surface area contributed by atoms with Crippen LogP contribution in [0.5, 0.6) is 0 Å². The number of nitrogens with one attached hydrogen (secondary N) is 1. The van der Waals surface area contributed by atoms with Crippen LogP contribution >= 0.6 is 0 Å². The number of anilines is 1. The van der Waals surface area contributed by atoms with Crippen LogP contribution in [0.4, 0.5) is 5.69 Å². The number of hydrogen-bond donors (Lipinski definition) is 1. The molecule has 42 heavy (non-hydrogen) atoms. The molecule has 0 radical (unpaired) electrons. The molecule has 1 saturated carbocycles.